The molecule has 0 saturated carbocycles. The van der Waals surface area contributed by atoms with Crippen LogP contribution in [-0.2, 0) is 9.59 Å². The molecule has 0 spiro atoms. The number of nitrogens with one attached hydrogen (secondary N) is 1. The predicted octanol–water partition coefficient (Wildman–Crippen LogP) is 0.745. The molecule has 0 radical (unpaired) electrons. The zero-order valence-corrected chi connectivity index (χ0v) is 11.6. The summed E-state index contributed by atoms with van der Waals surface area (Å²) in [5.41, 5.74) is 11.7. The first-order valence-electron chi connectivity index (χ1n) is 5.72. The number of carbonyl (C=O) groups excluding carboxylic acids is 2. The lowest BCUT2D eigenvalue weighted by atomic mass is 10.1. The molecule has 0 bridgehead atoms. The van der Waals surface area contributed by atoms with Crippen molar-refractivity contribution < 1.29 is 9.59 Å². The molecule has 1 heterocycles. The third-order valence-corrected chi connectivity index (χ3v) is 3.64. The summed E-state index contributed by atoms with van der Waals surface area (Å²) in [4.78, 5) is 24.8. The van der Waals surface area contributed by atoms with E-state index < -0.39 is 11.9 Å². The molecule has 18 heavy (non-hydrogen) atoms. The number of carbonyl (C=O) groups is 2. The maximum absolute atomic E-state index is 11.7. The number of hydrogen-bond acceptors (Lipinski definition) is 4. The molecule has 5 nitrogen and oxygen atoms in total. The Labute approximate surface area is 111 Å². The molecule has 0 aromatic carbocycles. The summed E-state index contributed by atoms with van der Waals surface area (Å²) in [6.45, 7) is 5.93. The molecule has 1 rings (SSSR count). The summed E-state index contributed by atoms with van der Waals surface area (Å²) in [7, 11) is 0. The molecule has 0 aliphatic heterocycles. The highest BCUT2D eigenvalue weighted by molar-refractivity contribution is 7.12. The van der Waals surface area contributed by atoms with Crippen LogP contribution in [0.2, 0.25) is 0 Å². The maximum atomic E-state index is 11.7. The fourth-order valence-corrected chi connectivity index (χ4v) is 2.81. The van der Waals surface area contributed by atoms with Crippen LogP contribution in [0, 0.1) is 13.8 Å². The topological polar surface area (TPSA) is 98.2 Å². The minimum Gasteiger partial charge on any atom is -0.370 e. The Kier molecular flexibility index (Phi) is 4.86. The fraction of sp³-hybridized carbons (Fsp3) is 0.500. The van der Waals surface area contributed by atoms with Gasteiger partial charge in [0.2, 0.25) is 11.8 Å². The number of amides is 2. The smallest absolute Gasteiger partial charge is 0.237 e. The van der Waals surface area contributed by atoms with Crippen LogP contribution < -0.4 is 16.8 Å². The van der Waals surface area contributed by atoms with Crippen molar-refractivity contribution >= 4 is 23.2 Å². The van der Waals surface area contributed by atoms with Crippen molar-refractivity contribution in [2.75, 3.05) is 0 Å². The van der Waals surface area contributed by atoms with Crippen LogP contribution in [0.25, 0.3) is 0 Å². The summed E-state index contributed by atoms with van der Waals surface area (Å²) in [5.74, 6) is -0.933. The van der Waals surface area contributed by atoms with Gasteiger partial charge in [0.25, 0.3) is 0 Å². The van der Waals surface area contributed by atoms with Crippen LogP contribution in [0.15, 0.2) is 6.07 Å². The van der Waals surface area contributed by atoms with Crippen LogP contribution in [0.4, 0.5) is 0 Å². The lowest BCUT2D eigenvalue weighted by molar-refractivity contribution is -0.126. The number of hydrogen-bond donors (Lipinski definition) is 3. The normalized spacial score (nSPS) is 14.0. The Morgan fingerprint density at radius 2 is 2.06 bits per heavy atom. The van der Waals surface area contributed by atoms with E-state index in [0.29, 0.717) is 0 Å². The maximum Gasteiger partial charge on any atom is 0.237 e. The fourth-order valence-electron chi connectivity index (χ4n) is 1.79. The van der Waals surface area contributed by atoms with Crippen LogP contribution in [-0.4, -0.2) is 17.9 Å². The Morgan fingerprint density at radius 3 is 2.50 bits per heavy atom. The van der Waals surface area contributed by atoms with E-state index in [2.05, 4.69) is 5.32 Å². The van der Waals surface area contributed by atoms with Crippen molar-refractivity contribution in [3.63, 3.8) is 0 Å². The van der Waals surface area contributed by atoms with E-state index in [0.717, 1.165) is 5.56 Å². The average molecular weight is 269 g/mol. The van der Waals surface area contributed by atoms with E-state index >= 15 is 0 Å². The third-order valence-electron chi connectivity index (χ3n) is 2.66. The molecule has 2 amide bonds. The van der Waals surface area contributed by atoms with Crippen LogP contribution in [0.1, 0.15) is 34.7 Å². The van der Waals surface area contributed by atoms with Crippen LogP contribution >= 0.6 is 11.3 Å². The molecule has 2 unspecified atom stereocenters. The number of rotatable bonds is 5. The zero-order chi connectivity index (χ0) is 13.9. The van der Waals surface area contributed by atoms with E-state index in [1.165, 1.54) is 9.75 Å². The molecule has 0 fully saturated rings. The molecule has 100 valence electrons. The SMILES string of the molecule is Cc1cc(C(C)NC(=O)C(N)CC(N)=O)c(C)s1. The molecule has 0 aliphatic rings. The molecule has 0 aliphatic carbocycles. The van der Waals surface area contributed by atoms with Gasteiger partial charge < -0.3 is 16.8 Å². The van der Waals surface area contributed by atoms with Gasteiger partial charge in [-0.05, 0) is 32.4 Å². The molecule has 2 atom stereocenters. The number of aryl methyl sites for hydroxylation is 2. The quantitative estimate of drug-likeness (QED) is 0.735. The van der Waals surface area contributed by atoms with Crippen LogP contribution in [0.3, 0.4) is 0 Å². The largest absolute Gasteiger partial charge is 0.370 e. The van der Waals surface area contributed by atoms with Gasteiger partial charge in [0.15, 0.2) is 0 Å². The highest BCUT2D eigenvalue weighted by atomic mass is 32.1. The monoisotopic (exact) mass is 269 g/mol. The Morgan fingerprint density at radius 1 is 1.44 bits per heavy atom. The van der Waals surface area contributed by atoms with Gasteiger partial charge in [-0.3, -0.25) is 9.59 Å². The Hall–Kier alpha value is -1.40. The van der Waals surface area contributed by atoms with E-state index in [-0.39, 0.29) is 18.4 Å². The molecule has 6 heteroatoms. The summed E-state index contributed by atoms with van der Waals surface area (Å²) in [6, 6.07) is 1.04. The molecular formula is C12H19N3O2S. The third kappa shape index (κ3) is 3.82. The van der Waals surface area contributed by atoms with Gasteiger partial charge in [0.05, 0.1) is 18.5 Å². The molecule has 0 saturated heterocycles. The zero-order valence-electron chi connectivity index (χ0n) is 10.8. The van der Waals surface area contributed by atoms with E-state index in [4.69, 9.17) is 11.5 Å². The number of nitrogens with two attached hydrogens (primary N) is 2. The first-order chi connectivity index (χ1) is 8.31. The molecule has 5 N–H and O–H groups in total. The number of primary amides is 1. The van der Waals surface area contributed by atoms with Gasteiger partial charge >= 0.3 is 0 Å². The second-order valence-electron chi connectivity index (χ2n) is 4.38. The Bertz CT molecular complexity index is 456. The second-order valence-corrected chi connectivity index (χ2v) is 5.84. The van der Waals surface area contributed by atoms with Gasteiger partial charge in [-0.15, -0.1) is 11.3 Å². The summed E-state index contributed by atoms with van der Waals surface area (Å²) < 4.78 is 0. The van der Waals surface area contributed by atoms with Gasteiger partial charge in [0.1, 0.15) is 0 Å². The van der Waals surface area contributed by atoms with Crippen molar-refractivity contribution in [3.05, 3.63) is 21.4 Å². The number of thiophene rings is 1. The van der Waals surface area contributed by atoms with Gasteiger partial charge in [-0.2, -0.15) is 0 Å². The van der Waals surface area contributed by atoms with E-state index in [1.807, 2.05) is 26.8 Å². The van der Waals surface area contributed by atoms with Crippen LogP contribution in [0.5, 0.6) is 0 Å². The van der Waals surface area contributed by atoms with Gasteiger partial charge in [-0.25, -0.2) is 0 Å². The lowest BCUT2D eigenvalue weighted by Crippen LogP contribution is -2.43. The first kappa shape index (κ1) is 14.7. The van der Waals surface area contributed by atoms with Crippen molar-refractivity contribution in [3.8, 4) is 0 Å². The first-order valence-corrected chi connectivity index (χ1v) is 6.54. The Balaban J connectivity index is 2.64. The summed E-state index contributed by atoms with van der Waals surface area (Å²) in [6.07, 6.45) is -0.139. The van der Waals surface area contributed by atoms with Gasteiger partial charge in [0, 0.05) is 9.75 Å². The molecule has 1 aromatic heterocycles. The van der Waals surface area contributed by atoms with E-state index in [1.54, 1.807) is 11.3 Å². The second kappa shape index (κ2) is 5.97. The van der Waals surface area contributed by atoms with Crippen molar-refractivity contribution in [1.82, 2.24) is 5.32 Å². The highest BCUT2D eigenvalue weighted by Gasteiger charge is 2.19. The average Bonchev–Trinajstić information content (AvgIpc) is 2.56. The molecule has 1 aromatic rings. The minimum absolute atomic E-state index is 0.124. The van der Waals surface area contributed by atoms with Crippen molar-refractivity contribution in [2.45, 2.75) is 39.3 Å². The van der Waals surface area contributed by atoms with E-state index in [9.17, 15) is 9.59 Å². The highest BCUT2D eigenvalue weighted by Crippen LogP contribution is 2.26. The standard InChI is InChI=1S/C12H19N3O2S/c1-6-4-9(8(3)18-6)7(2)15-12(17)10(13)5-11(14)16/h4,7,10H,5,13H2,1-3H3,(H2,14,16)(H,15,17). The lowest BCUT2D eigenvalue weighted by Gasteiger charge is -2.17. The van der Waals surface area contributed by atoms with Crippen molar-refractivity contribution in [1.29, 1.82) is 0 Å². The van der Waals surface area contributed by atoms with Crippen molar-refractivity contribution in [2.24, 2.45) is 11.5 Å². The van der Waals surface area contributed by atoms with Gasteiger partial charge in [-0.1, -0.05) is 0 Å². The summed E-state index contributed by atoms with van der Waals surface area (Å²) >= 11 is 1.69. The minimum atomic E-state index is -0.884. The predicted molar refractivity (Wildman–Crippen MR) is 72.1 cm³/mol. The molecular weight excluding hydrogens is 250 g/mol. The summed E-state index contributed by atoms with van der Waals surface area (Å²) in [5, 5.41) is 2.79.